The number of hydrogen-bond acceptors (Lipinski definition) is 3. The SMILES string of the molecule is C[C@H](O)Cn1cc(NC(=O)CC2CCCCCC2)c2c(Br)ccnc21. The van der Waals surface area contributed by atoms with Gasteiger partial charge in [0.05, 0.1) is 17.2 Å². The zero-order valence-corrected chi connectivity index (χ0v) is 16.3. The summed E-state index contributed by atoms with van der Waals surface area (Å²) in [6, 6.07) is 1.87. The van der Waals surface area contributed by atoms with Crippen molar-refractivity contribution in [3.63, 3.8) is 0 Å². The number of aliphatic hydroxyl groups excluding tert-OH is 1. The summed E-state index contributed by atoms with van der Waals surface area (Å²) >= 11 is 3.56. The summed E-state index contributed by atoms with van der Waals surface area (Å²) in [5, 5.41) is 13.7. The maximum Gasteiger partial charge on any atom is 0.224 e. The number of halogens is 1. The van der Waals surface area contributed by atoms with Crippen LogP contribution in [0.1, 0.15) is 51.9 Å². The van der Waals surface area contributed by atoms with E-state index in [1.807, 2.05) is 16.8 Å². The number of nitrogens with zero attached hydrogens (tertiary/aromatic N) is 2. The minimum Gasteiger partial charge on any atom is -0.392 e. The topological polar surface area (TPSA) is 67.2 Å². The van der Waals surface area contributed by atoms with Crippen molar-refractivity contribution < 1.29 is 9.90 Å². The fourth-order valence-electron chi connectivity index (χ4n) is 3.73. The zero-order chi connectivity index (χ0) is 17.8. The molecule has 0 spiro atoms. The quantitative estimate of drug-likeness (QED) is 0.717. The minimum atomic E-state index is -0.481. The van der Waals surface area contributed by atoms with Crippen LogP contribution in [0.5, 0.6) is 0 Å². The van der Waals surface area contributed by atoms with Gasteiger partial charge >= 0.3 is 0 Å². The van der Waals surface area contributed by atoms with Crippen LogP contribution in [0.25, 0.3) is 11.0 Å². The monoisotopic (exact) mass is 407 g/mol. The molecule has 1 saturated carbocycles. The van der Waals surface area contributed by atoms with E-state index < -0.39 is 6.10 Å². The van der Waals surface area contributed by atoms with E-state index in [0.29, 0.717) is 18.9 Å². The molecular weight excluding hydrogens is 382 g/mol. The van der Waals surface area contributed by atoms with Crippen molar-refractivity contribution >= 4 is 38.6 Å². The van der Waals surface area contributed by atoms with E-state index in [2.05, 4.69) is 26.2 Å². The molecule has 1 amide bonds. The van der Waals surface area contributed by atoms with Gasteiger partial charge in [-0.3, -0.25) is 4.79 Å². The molecule has 0 unspecified atom stereocenters. The Hall–Kier alpha value is -1.40. The molecule has 2 heterocycles. The van der Waals surface area contributed by atoms with Crippen LogP contribution >= 0.6 is 15.9 Å². The van der Waals surface area contributed by atoms with Crippen LogP contribution in [-0.2, 0) is 11.3 Å². The van der Waals surface area contributed by atoms with Gasteiger partial charge in [-0.05, 0) is 47.7 Å². The van der Waals surface area contributed by atoms with E-state index in [9.17, 15) is 9.90 Å². The fourth-order valence-corrected chi connectivity index (χ4v) is 4.24. The smallest absolute Gasteiger partial charge is 0.224 e. The summed E-state index contributed by atoms with van der Waals surface area (Å²) in [6.45, 7) is 2.19. The molecule has 1 aliphatic rings. The Balaban J connectivity index is 1.79. The molecule has 0 aromatic carbocycles. The Morgan fingerprint density at radius 3 is 2.80 bits per heavy atom. The Labute approximate surface area is 156 Å². The van der Waals surface area contributed by atoms with E-state index >= 15 is 0 Å². The predicted octanol–water partition coefficient (Wildman–Crippen LogP) is 4.48. The van der Waals surface area contributed by atoms with Gasteiger partial charge in [0.2, 0.25) is 5.91 Å². The highest BCUT2D eigenvalue weighted by atomic mass is 79.9. The molecular formula is C19H26BrN3O2. The molecule has 3 rings (SSSR count). The van der Waals surface area contributed by atoms with Gasteiger partial charge in [0.25, 0.3) is 0 Å². The molecule has 2 aromatic rings. The Bertz CT molecular complexity index is 734. The van der Waals surface area contributed by atoms with E-state index in [0.717, 1.165) is 34.0 Å². The second-order valence-electron chi connectivity index (χ2n) is 7.15. The third-order valence-electron chi connectivity index (χ3n) is 4.89. The normalized spacial score (nSPS) is 17.4. The number of aliphatic hydroxyl groups is 1. The van der Waals surface area contributed by atoms with Gasteiger partial charge in [-0.1, -0.05) is 25.7 Å². The van der Waals surface area contributed by atoms with Crippen molar-refractivity contribution in [2.24, 2.45) is 5.92 Å². The minimum absolute atomic E-state index is 0.0683. The first kappa shape index (κ1) is 18.4. The molecule has 1 aliphatic carbocycles. The summed E-state index contributed by atoms with van der Waals surface area (Å²) in [4.78, 5) is 17.0. The molecule has 0 radical (unpaired) electrons. The van der Waals surface area contributed by atoms with Crippen LogP contribution in [0.4, 0.5) is 5.69 Å². The second kappa shape index (κ2) is 8.32. The molecule has 6 heteroatoms. The van der Waals surface area contributed by atoms with E-state index in [1.165, 1.54) is 25.7 Å². The number of rotatable bonds is 5. The van der Waals surface area contributed by atoms with Gasteiger partial charge in [-0.25, -0.2) is 4.98 Å². The van der Waals surface area contributed by atoms with Crippen molar-refractivity contribution in [1.82, 2.24) is 9.55 Å². The third kappa shape index (κ3) is 4.61. The van der Waals surface area contributed by atoms with Crippen LogP contribution in [0.15, 0.2) is 22.9 Å². The first-order valence-electron chi connectivity index (χ1n) is 9.16. The lowest BCUT2D eigenvalue weighted by molar-refractivity contribution is -0.117. The lowest BCUT2D eigenvalue weighted by Crippen LogP contribution is -2.16. The third-order valence-corrected chi connectivity index (χ3v) is 5.55. The number of carbonyl (C=O) groups excluding carboxylic acids is 1. The van der Waals surface area contributed by atoms with Crippen molar-refractivity contribution in [3.05, 3.63) is 22.9 Å². The highest BCUT2D eigenvalue weighted by molar-refractivity contribution is 9.10. The summed E-state index contributed by atoms with van der Waals surface area (Å²) in [6.07, 6.45) is 11.1. The molecule has 0 aliphatic heterocycles. The van der Waals surface area contributed by atoms with Crippen molar-refractivity contribution in [3.8, 4) is 0 Å². The summed E-state index contributed by atoms with van der Waals surface area (Å²) in [7, 11) is 0. The molecule has 2 N–H and O–H groups in total. The zero-order valence-electron chi connectivity index (χ0n) is 14.7. The number of fused-ring (bicyclic) bond motifs is 1. The van der Waals surface area contributed by atoms with Crippen LogP contribution in [-0.4, -0.2) is 26.7 Å². The van der Waals surface area contributed by atoms with Crippen LogP contribution in [0.2, 0.25) is 0 Å². The number of hydrogen-bond donors (Lipinski definition) is 2. The fraction of sp³-hybridized carbons (Fsp3) is 0.579. The number of aromatic nitrogens is 2. The summed E-state index contributed by atoms with van der Waals surface area (Å²) in [5.41, 5.74) is 1.52. The number of anilines is 1. The number of carbonyl (C=O) groups is 1. The molecule has 1 fully saturated rings. The maximum atomic E-state index is 12.6. The first-order chi connectivity index (χ1) is 12.0. The number of nitrogens with one attached hydrogen (secondary N) is 1. The summed E-state index contributed by atoms with van der Waals surface area (Å²) < 4.78 is 2.79. The van der Waals surface area contributed by atoms with Gasteiger partial charge in [0.15, 0.2) is 0 Å². The van der Waals surface area contributed by atoms with Gasteiger partial charge < -0.3 is 15.0 Å². The lowest BCUT2D eigenvalue weighted by Gasteiger charge is -2.13. The largest absolute Gasteiger partial charge is 0.392 e. The highest BCUT2D eigenvalue weighted by Crippen LogP contribution is 2.32. The molecule has 2 aromatic heterocycles. The molecule has 136 valence electrons. The number of pyridine rings is 1. The van der Waals surface area contributed by atoms with Gasteiger partial charge in [0, 0.05) is 29.8 Å². The highest BCUT2D eigenvalue weighted by Gasteiger charge is 2.19. The van der Waals surface area contributed by atoms with Gasteiger partial charge in [-0.15, -0.1) is 0 Å². The van der Waals surface area contributed by atoms with E-state index in [1.54, 1.807) is 13.1 Å². The Morgan fingerprint density at radius 1 is 1.40 bits per heavy atom. The van der Waals surface area contributed by atoms with Gasteiger partial charge in [0.1, 0.15) is 5.65 Å². The molecule has 1 atom stereocenters. The van der Waals surface area contributed by atoms with E-state index in [-0.39, 0.29) is 5.91 Å². The standard InChI is InChI=1S/C19H26BrN3O2/c1-13(24)11-23-12-16(18-15(20)8-9-21-19(18)23)22-17(25)10-14-6-4-2-3-5-7-14/h8-9,12-14,24H,2-7,10-11H2,1H3,(H,22,25)/t13-/m0/s1. The molecule has 25 heavy (non-hydrogen) atoms. The summed E-state index contributed by atoms with van der Waals surface area (Å²) in [5.74, 6) is 0.564. The van der Waals surface area contributed by atoms with Crippen molar-refractivity contribution in [1.29, 1.82) is 0 Å². The predicted molar refractivity (Wildman–Crippen MR) is 104 cm³/mol. The first-order valence-corrected chi connectivity index (χ1v) is 9.95. The Morgan fingerprint density at radius 2 is 2.12 bits per heavy atom. The van der Waals surface area contributed by atoms with Crippen molar-refractivity contribution in [2.45, 2.75) is 64.5 Å². The molecule has 0 bridgehead atoms. The van der Waals surface area contributed by atoms with Crippen molar-refractivity contribution in [2.75, 3.05) is 5.32 Å². The second-order valence-corrected chi connectivity index (χ2v) is 8.00. The van der Waals surface area contributed by atoms with Crippen LogP contribution in [0, 0.1) is 5.92 Å². The number of amides is 1. The van der Waals surface area contributed by atoms with Crippen LogP contribution in [0.3, 0.4) is 0 Å². The average molecular weight is 408 g/mol. The Kier molecular flexibility index (Phi) is 6.12. The molecule has 0 saturated heterocycles. The van der Waals surface area contributed by atoms with Crippen LogP contribution < -0.4 is 5.32 Å². The average Bonchev–Trinajstić information content (AvgIpc) is 2.72. The van der Waals surface area contributed by atoms with Gasteiger partial charge in [-0.2, -0.15) is 0 Å². The molecule has 5 nitrogen and oxygen atoms in total. The van der Waals surface area contributed by atoms with E-state index in [4.69, 9.17) is 0 Å². The maximum absolute atomic E-state index is 12.6. The lowest BCUT2D eigenvalue weighted by atomic mass is 9.96.